The molecule has 9 nitrogen and oxygen atoms in total. The van der Waals surface area contributed by atoms with Gasteiger partial charge in [0.1, 0.15) is 35.4 Å². The van der Waals surface area contributed by atoms with Gasteiger partial charge in [-0.25, -0.2) is 14.4 Å². The molecule has 164 valence electrons. The van der Waals surface area contributed by atoms with Gasteiger partial charge in [0.25, 0.3) is 5.91 Å². The van der Waals surface area contributed by atoms with Gasteiger partial charge in [0.2, 0.25) is 0 Å². The molecule has 0 saturated heterocycles. The van der Waals surface area contributed by atoms with Crippen molar-refractivity contribution in [3.8, 4) is 6.07 Å². The first-order chi connectivity index (χ1) is 16.1. The van der Waals surface area contributed by atoms with Crippen LogP contribution in [-0.2, 0) is 13.0 Å². The minimum atomic E-state index is -0.460. The van der Waals surface area contributed by atoms with E-state index in [1.54, 1.807) is 30.5 Å². The second-order valence-electron chi connectivity index (χ2n) is 7.06. The lowest BCUT2D eigenvalue weighted by Crippen LogP contribution is -2.25. The number of rotatable bonds is 7. The van der Waals surface area contributed by atoms with Crippen molar-refractivity contribution in [2.24, 2.45) is 0 Å². The van der Waals surface area contributed by atoms with Crippen molar-refractivity contribution in [1.82, 2.24) is 25.3 Å². The first-order valence-corrected chi connectivity index (χ1v) is 10.1. The zero-order valence-electron chi connectivity index (χ0n) is 17.4. The van der Waals surface area contributed by atoms with Gasteiger partial charge in [-0.05, 0) is 30.3 Å². The number of nitrogens with one attached hydrogen (secondary N) is 2. The average molecular weight is 442 g/mol. The van der Waals surface area contributed by atoms with E-state index in [0.29, 0.717) is 29.9 Å². The molecule has 4 aromatic rings. The van der Waals surface area contributed by atoms with Crippen molar-refractivity contribution in [1.29, 1.82) is 5.26 Å². The Morgan fingerprint density at radius 2 is 2.03 bits per heavy atom. The Morgan fingerprint density at radius 1 is 1.15 bits per heavy atom. The van der Waals surface area contributed by atoms with Gasteiger partial charge >= 0.3 is 0 Å². The number of amides is 1. The third kappa shape index (κ3) is 4.83. The maximum Gasteiger partial charge on any atom is 0.253 e. The van der Waals surface area contributed by atoms with Gasteiger partial charge in [0.15, 0.2) is 0 Å². The SMILES string of the molecule is N#Cc1c(N)ncnc1NCCc1nc2cccc(F)c2cc1C(=O)NCc1ccccn1. The van der Waals surface area contributed by atoms with Crippen LogP contribution in [-0.4, -0.2) is 32.4 Å². The van der Waals surface area contributed by atoms with Crippen LogP contribution >= 0.6 is 0 Å². The lowest BCUT2D eigenvalue weighted by Gasteiger charge is -2.13. The summed E-state index contributed by atoms with van der Waals surface area (Å²) in [5.41, 5.74) is 7.72. The van der Waals surface area contributed by atoms with Gasteiger partial charge in [-0.15, -0.1) is 0 Å². The van der Waals surface area contributed by atoms with E-state index in [1.165, 1.54) is 18.5 Å². The summed E-state index contributed by atoms with van der Waals surface area (Å²) in [7, 11) is 0. The van der Waals surface area contributed by atoms with Gasteiger partial charge in [-0.2, -0.15) is 5.26 Å². The summed E-state index contributed by atoms with van der Waals surface area (Å²) in [5.74, 6) is -0.488. The van der Waals surface area contributed by atoms with Gasteiger partial charge in [-0.3, -0.25) is 14.8 Å². The number of hydrogen-bond acceptors (Lipinski definition) is 8. The smallest absolute Gasteiger partial charge is 0.253 e. The summed E-state index contributed by atoms with van der Waals surface area (Å²) >= 11 is 0. The predicted octanol–water partition coefficient (Wildman–Crippen LogP) is 2.60. The number of nitrogen functional groups attached to an aromatic ring is 1. The number of aromatic nitrogens is 4. The molecule has 0 saturated carbocycles. The van der Waals surface area contributed by atoms with Crippen molar-refractivity contribution in [2.45, 2.75) is 13.0 Å². The number of nitrogens with zero attached hydrogens (tertiary/aromatic N) is 5. The fraction of sp³-hybridized carbons (Fsp3) is 0.130. The van der Waals surface area contributed by atoms with E-state index in [-0.39, 0.29) is 34.7 Å². The van der Waals surface area contributed by atoms with Crippen LogP contribution in [0.1, 0.15) is 27.3 Å². The molecule has 0 aliphatic rings. The van der Waals surface area contributed by atoms with Gasteiger partial charge in [0, 0.05) is 24.5 Å². The van der Waals surface area contributed by atoms with E-state index in [0.717, 1.165) is 0 Å². The predicted molar refractivity (Wildman–Crippen MR) is 120 cm³/mol. The Morgan fingerprint density at radius 3 is 2.82 bits per heavy atom. The third-order valence-corrected chi connectivity index (χ3v) is 4.93. The number of fused-ring (bicyclic) bond motifs is 1. The number of halogens is 1. The number of hydrogen-bond donors (Lipinski definition) is 3. The van der Waals surface area contributed by atoms with Crippen molar-refractivity contribution < 1.29 is 9.18 Å². The van der Waals surface area contributed by atoms with Crippen molar-refractivity contribution >= 4 is 28.4 Å². The number of pyridine rings is 2. The first kappa shape index (κ1) is 21.6. The molecule has 0 spiro atoms. The number of carbonyl (C=O) groups excluding carboxylic acids is 1. The molecule has 10 heteroatoms. The van der Waals surface area contributed by atoms with Crippen LogP contribution in [0.5, 0.6) is 0 Å². The van der Waals surface area contributed by atoms with E-state index < -0.39 is 11.7 Å². The Bertz CT molecular complexity index is 1350. The molecule has 1 aromatic carbocycles. The maximum atomic E-state index is 14.4. The molecule has 4 N–H and O–H groups in total. The lowest BCUT2D eigenvalue weighted by molar-refractivity contribution is 0.0949. The second-order valence-corrected chi connectivity index (χ2v) is 7.06. The highest BCUT2D eigenvalue weighted by Gasteiger charge is 2.17. The third-order valence-electron chi connectivity index (χ3n) is 4.93. The standard InChI is InChI=1S/C23H19FN8O/c24-18-5-3-6-19-15(18)10-16(23(33)29-12-14-4-1-2-8-27-14)20(32-19)7-9-28-22-17(11-25)21(26)30-13-31-22/h1-6,8,10,13H,7,9,12H2,(H,29,33)(H3,26,28,30,31). The highest BCUT2D eigenvalue weighted by Crippen LogP contribution is 2.21. The van der Waals surface area contributed by atoms with E-state index in [2.05, 4.69) is 30.6 Å². The van der Waals surface area contributed by atoms with E-state index in [4.69, 9.17) is 5.73 Å². The van der Waals surface area contributed by atoms with Gasteiger partial charge in [0.05, 0.1) is 29.0 Å². The van der Waals surface area contributed by atoms with Crippen LogP contribution < -0.4 is 16.4 Å². The minimum Gasteiger partial charge on any atom is -0.382 e. The lowest BCUT2D eigenvalue weighted by atomic mass is 10.1. The van der Waals surface area contributed by atoms with E-state index >= 15 is 0 Å². The van der Waals surface area contributed by atoms with Crippen molar-refractivity contribution in [2.75, 3.05) is 17.6 Å². The number of nitrogens with two attached hydrogens (primary N) is 1. The highest BCUT2D eigenvalue weighted by molar-refractivity contribution is 5.98. The molecular formula is C23H19FN8O. The summed E-state index contributed by atoms with van der Waals surface area (Å²) in [6.45, 7) is 0.526. The molecule has 0 bridgehead atoms. The fourth-order valence-corrected chi connectivity index (χ4v) is 3.30. The van der Waals surface area contributed by atoms with Crippen LogP contribution in [0.4, 0.5) is 16.0 Å². The summed E-state index contributed by atoms with van der Waals surface area (Å²) in [4.78, 5) is 29.5. The average Bonchev–Trinajstić information content (AvgIpc) is 2.83. The zero-order valence-corrected chi connectivity index (χ0v) is 17.4. The molecule has 1 amide bonds. The minimum absolute atomic E-state index is 0.0730. The summed E-state index contributed by atoms with van der Waals surface area (Å²) in [6, 6.07) is 13.5. The molecule has 0 unspecified atom stereocenters. The molecular weight excluding hydrogens is 423 g/mol. The molecule has 0 aliphatic carbocycles. The molecule has 33 heavy (non-hydrogen) atoms. The quantitative estimate of drug-likeness (QED) is 0.396. The largest absolute Gasteiger partial charge is 0.382 e. The van der Waals surface area contributed by atoms with E-state index in [1.807, 2.05) is 12.1 Å². The Balaban J connectivity index is 1.58. The van der Waals surface area contributed by atoms with Crippen LogP contribution in [0, 0.1) is 17.1 Å². The molecule has 3 aromatic heterocycles. The van der Waals surface area contributed by atoms with E-state index in [9.17, 15) is 14.4 Å². The van der Waals surface area contributed by atoms with Crippen LogP contribution in [0.3, 0.4) is 0 Å². The van der Waals surface area contributed by atoms with Crippen LogP contribution in [0.25, 0.3) is 10.9 Å². The van der Waals surface area contributed by atoms with Gasteiger partial charge in [-0.1, -0.05) is 12.1 Å². The Kier molecular flexibility index (Phi) is 6.31. The normalized spacial score (nSPS) is 10.5. The Labute approximate surface area is 188 Å². The number of carbonyl (C=O) groups is 1. The molecule has 3 heterocycles. The number of benzene rings is 1. The van der Waals surface area contributed by atoms with Crippen LogP contribution in [0.15, 0.2) is 55.0 Å². The second kappa shape index (κ2) is 9.65. The van der Waals surface area contributed by atoms with Crippen LogP contribution in [0.2, 0.25) is 0 Å². The summed E-state index contributed by atoms with van der Waals surface area (Å²) < 4.78 is 14.4. The van der Waals surface area contributed by atoms with Gasteiger partial charge < -0.3 is 16.4 Å². The number of anilines is 2. The molecule has 0 aliphatic heterocycles. The van der Waals surface area contributed by atoms with Crippen molar-refractivity contribution in [3.63, 3.8) is 0 Å². The summed E-state index contributed by atoms with van der Waals surface area (Å²) in [6.07, 6.45) is 3.21. The first-order valence-electron chi connectivity index (χ1n) is 10.1. The fourth-order valence-electron chi connectivity index (χ4n) is 3.30. The molecule has 0 radical (unpaired) electrons. The highest BCUT2D eigenvalue weighted by atomic mass is 19.1. The Hall–Kier alpha value is -4.65. The molecule has 0 atom stereocenters. The zero-order chi connectivity index (χ0) is 23.2. The molecule has 4 rings (SSSR count). The number of nitriles is 1. The summed E-state index contributed by atoms with van der Waals surface area (Å²) in [5, 5.41) is 15.4. The topological polar surface area (TPSA) is 142 Å². The molecule has 0 fully saturated rings. The monoisotopic (exact) mass is 442 g/mol. The van der Waals surface area contributed by atoms with Crippen molar-refractivity contribution in [3.05, 3.63) is 83.3 Å². The maximum absolute atomic E-state index is 14.4.